The number of aliphatic hydroxyl groups is 1. The molecule has 10 amide bonds. The van der Waals surface area contributed by atoms with Gasteiger partial charge in [0.05, 0.1) is 36.9 Å². The molecular weight excluding hydrogens is 1350 g/mol. The number of unbranched alkanes of at least 4 members (excludes halogenated alkanes) is 1. The molecule has 1 aliphatic heterocycles. The molecule has 2 heterocycles. The van der Waals surface area contributed by atoms with Crippen molar-refractivity contribution < 1.29 is 95.9 Å². The zero-order valence-electron chi connectivity index (χ0n) is 55.8. The number of carbonyl (C=O) groups is 13. The third-order valence-electron chi connectivity index (χ3n) is 16.8. The van der Waals surface area contributed by atoms with Crippen LogP contribution in [0.4, 0.5) is 13.2 Å². The molecule has 0 saturated carbocycles. The number of nitrogens with two attached hydrogens (primary N) is 1. The summed E-state index contributed by atoms with van der Waals surface area (Å²) in [7, 11) is 3.97. The number of carboxylic acid groups (broad SMARTS) is 2. The van der Waals surface area contributed by atoms with Gasteiger partial charge in [-0.2, -0.15) is 0 Å². The van der Waals surface area contributed by atoms with E-state index in [1.807, 2.05) is 24.3 Å². The zero-order chi connectivity index (χ0) is 74.2. The molecule has 33 heteroatoms. The number of aliphatic carboxylic acids is 2. The van der Waals surface area contributed by atoms with Crippen molar-refractivity contribution in [3.8, 4) is 5.75 Å². The summed E-state index contributed by atoms with van der Waals surface area (Å²) in [5, 5.41) is 58.2. The minimum Gasteiger partial charge on any atom is -0.508 e. The molecule has 5 aromatic rings. The number of β-amino-alcohol motifs (C(OH)–C–C–N with tert-alkyl or cyclic N) is 1. The van der Waals surface area contributed by atoms with Crippen molar-refractivity contribution in [2.24, 2.45) is 5.73 Å². The maximum atomic E-state index is 15.2. The highest BCUT2D eigenvalue weighted by Crippen LogP contribution is 2.26. The van der Waals surface area contributed by atoms with Crippen LogP contribution in [0.5, 0.6) is 5.75 Å². The molecule has 1 saturated heterocycles. The van der Waals surface area contributed by atoms with Crippen LogP contribution in [0.2, 0.25) is 0 Å². The molecule has 1 aliphatic rings. The molecule has 101 heavy (non-hydrogen) atoms. The Morgan fingerprint density at radius 1 is 0.693 bits per heavy atom. The van der Waals surface area contributed by atoms with Gasteiger partial charge >= 0.3 is 11.9 Å². The third-order valence-corrected chi connectivity index (χ3v) is 17.8. The lowest BCUT2D eigenvalue weighted by molar-refractivity contribution is -0.152. The van der Waals surface area contributed by atoms with Crippen molar-refractivity contribution >= 4 is 100.0 Å². The van der Waals surface area contributed by atoms with Crippen LogP contribution in [0.1, 0.15) is 74.1 Å². The number of aldehydes is 1. The highest BCUT2D eigenvalue weighted by molar-refractivity contribution is 8.00. The Bertz CT molecular complexity index is 3770. The molecule has 6 rings (SSSR count). The number of benzene rings is 4. The number of carboxylic acids is 2. The molecule has 0 radical (unpaired) electrons. The highest BCUT2D eigenvalue weighted by Gasteiger charge is 2.45. The number of likely N-dealkylation sites (tertiary alicyclic amines) is 1. The Morgan fingerprint density at radius 3 is 1.93 bits per heavy atom. The highest BCUT2D eigenvalue weighted by atomic mass is 32.2. The summed E-state index contributed by atoms with van der Waals surface area (Å²) >= 11 is 0.632. The van der Waals surface area contributed by atoms with Gasteiger partial charge in [-0.25, -0.2) is 13.2 Å². The summed E-state index contributed by atoms with van der Waals surface area (Å²) < 4.78 is 44.2. The minimum atomic E-state index is -1.86. The van der Waals surface area contributed by atoms with E-state index in [4.69, 9.17) is 5.73 Å². The second-order valence-electron chi connectivity index (χ2n) is 24.3. The van der Waals surface area contributed by atoms with Gasteiger partial charge in [-0.1, -0.05) is 80.4 Å². The first kappa shape index (κ1) is 79.6. The number of phenols is 1. The first-order chi connectivity index (χ1) is 48.0. The van der Waals surface area contributed by atoms with Gasteiger partial charge in [0, 0.05) is 75.6 Å². The summed E-state index contributed by atoms with van der Waals surface area (Å²) in [4.78, 5) is 183. The van der Waals surface area contributed by atoms with Gasteiger partial charge in [-0.15, -0.1) is 11.8 Å². The van der Waals surface area contributed by atoms with Crippen LogP contribution in [-0.2, 0) is 88.0 Å². The number of primary amides is 1. The quantitative estimate of drug-likeness (QED) is 0.0185. The van der Waals surface area contributed by atoms with Crippen LogP contribution in [-0.4, -0.2) is 224 Å². The van der Waals surface area contributed by atoms with E-state index in [9.17, 15) is 86.3 Å². The number of likely N-dealkylation sites (N-methyl/N-ethyl adjacent to an activating group) is 3. The van der Waals surface area contributed by atoms with Crippen molar-refractivity contribution in [2.45, 2.75) is 138 Å². The number of H-pyrrole nitrogens is 1. The number of aliphatic hydroxyl groups excluding tert-OH is 1. The zero-order valence-corrected chi connectivity index (χ0v) is 56.6. The average Bonchev–Trinajstić information content (AvgIpc) is 1.78. The molecule has 1 aromatic heterocycles. The van der Waals surface area contributed by atoms with E-state index in [1.165, 1.54) is 45.4 Å². The second kappa shape index (κ2) is 38.2. The number of para-hydroxylation sites is 1. The first-order valence-electron chi connectivity index (χ1n) is 32.2. The third kappa shape index (κ3) is 23.3. The van der Waals surface area contributed by atoms with Gasteiger partial charge in [0.2, 0.25) is 59.1 Å². The predicted octanol–water partition coefficient (Wildman–Crippen LogP) is 0.253. The lowest BCUT2D eigenvalue weighted by Gasteiger charge is -2.37. The van der Waals surface area contributed by atoms with Crippen LogP contribution in [0.15, 0.2) is 97.2 Å². The molecule has 544 valence electrons. The van der Waals surface area contributed by atoms with Gasteiger partial charge in [-0.3, -0.25) is 57.5 Å². The van der Waals surface area contributed by atoms with Gasteiger partial charge in [0.25, 0.3) is 0 Å². The molecule has 0 bridgehead atoms. The lowest BCUT2D eigenvalue weighted by atomic mass is 9.99. The Kier molecular flexibility index (Phi) is 30.1. The van der Waals surface area contributed by atoms with E-state index in [0.717, 1.165) is 31.2 Å². The number of fused-ring (bicyclic) bond motifs is 1. The normalized spacial score (nSPS) is 15.8. The molecule has 0 spiro atoms. The van der Waals surface area contributed by atoms with Crippen LogP contribution < -0.4 is 43.0 Å². The molecule has 0 unspecified atom stereocenters. The smallest absolute Gasteiger partial charge is 0.305 e. The van der Waals surface area contributed by atoms with E-state index < -0.39 is 199 Å². The Hall–Kier alpha value is -10.4. The molecule has 10 atom stereocenters. The van der Waals surface area contributed by atoms with Gasteiger partial charge in [-0.05, 0) is 78.9 Å². The summed E-state index contributed by atoms with van der Waals surface area (Å²) in [5.74, 6) is -19.0. The standard InChI is InChI=1S/C68H83F3N12O17S/c1-5-6-16-53(68(100)83-33-43(86)30-54(83)65(97)76-41(34-84)29-59(91)92)81(3)67(99)55(27-37-12-8-7-9-13-37)82(4)66(98)51(26-39-23-45(69)60(71)46(70)24-39)77-57(88)36-101-35-52(61(93)75-32-56(72)87)80-62(94)48(21-22-58(89)90)78-64(96)50(25-38-17-19-42(85)20-18-38)79-63(95)49(73-2)28-40-31-74-47-15-11-10-14-44(40)47/h7-15,17-20,23-24,31,34,41,43,48-55,73-74,85-86H,5-6,16,21-22,25-30,32-33,35-36H2,1-4H3,(H2,72,87)(H,75,93)(H,76,97)(H,77,88)(H,78,96)(H,79,95)(H,80,94)(H,89,90)(H,91,92)/t41-,43+,48-,49-,50-,51-,52-,53-,54+,55-/m0/s1. The monoisotopic (exact) mass is 1430 g/mol. The number of phenolic OH excluding ortho intramolecular Hbond substituents is 1. The van der Waals surface area contributed by atoms with Crippen LogP contribution in [0.3, 0.4) is 0 Å². The van der Waals surface area contributed by atoms with Crippen LogP contribution in [0, 0.1) is 17.5 Å². The van der Waals surface area contributed by atoms with E-state index >= 15 is 9.59 Å². The van der Waals surface area contributed by atoms with Gasteiger partial charge < -0.3 is 87.9 Å². The molecule has 1 fully saturated rings. The number of aromatic hydroxyl groups is 1. The number of aromatic amines is 1. The Balaban J connectivity index is 1.25. The Labute approximate surface area is 582 Å². The molecule has 0 aliphatic carbocycles. The fourth-order valence-corrected chi connectivity index (χ4v) is 12.3. The average molecular weight is 1430 g/mol. The number of hydrogen-bond acceptors (Lipinski definition) is 17. The minimum absolute atomic E-state index is 0.0297. The van der Waals surface area contributed by atoms with Gasteiger partial charge in [0.1, 0.15) is 54.3 Å². The number of nitrogens with zero attached hydrogens (tertiary/aromatic N) is 3. The number of amides is 10. The molecule has 29 nitrogen and oxygen atoms in total. The van der Waals surface area contributed by atoms with Crippen molar-refractivity contribution in [3.63, 3.8) is 0 Å². The van der Waals surface area contributed by atoms with Crippen molar-refractivity contribution in [2.75, 3.05) is 45.7 Å². The van der Waals surface area contributed by atoms with Crippen molar-refractivity contribution in [3.05, 3.63) is 137 Å². The summed E-state index contributed by atoms with van der Waals surface area (Å²) in [6.45, 7) is 0.615. The number of thioether (sulfide) groups is 1. The first-order valence-corrected chi connectivity index (χ1v) is 33.4. The number of nitrogens with one attached hydrogen (secondary N) is 8. The maximum Gasteiger partial charge on any atom is 0.305 e. The Morgan fingerprint density at radius 2 is 1.30 bits per heavy atom. The topological polar surface area (TPSA) is 439 Å². The predicted molar refractivity (Wildman–Crippen MR) is 360 cm³/mol. The van der Waals surface area contributed by atoms with Crippen LogP contribution >= 0.6 is 11.8 Å². The van der Waals surface area contributed by atoms with E-state index in [2.05, 4.69) is 42.2 Å². The maximum absolute atomic E-state index is 15.2. The second-order valence-corrected chi connectivity index (χ2v) is 25.3. The summed E-state index contributed by atoms with van der Waals surface area (Å²) in [6, 6.07) is 8.71. The number of carbonyl (C=O) groups excluding carboxylic acids is 11. The molecular formula is C68H83F3N12O17S. The van der Waals surface area contributed by atoms with Gasteiger partial charge in [0.15, 0.2) is 17.5 Å². The SMILES string of the molecule is CCCC[C@@H](C(=O)N1C[C@H](O)C[C@@H]1C(=O)N[C@H](C=O)CC(=O)O)N(C)C(=O)[C@H](Cc1ccccc1)N(C)C(=O)[C@H](Cc1cc(F)c(F)c(F)c1)NC(=O)CSC[C@H](NC(=O)[C@H](CCC(=O)O)NC(=O)[C@H](Cc1ccc(O)cc1)NC(=O)[C@H](Cc1c[nH]c2ccccc12)NC)C(=O)NCC(N)=O. The summed E-state index contributed by atoms with van der Waals surface area (Å²) in [6.07, 6.45) is -2.09. The largest absolute Gasteiger partial charge is 0.508 e. The molecule has 14 N–H and O–H groups in total. The number of aromatic nitrogens is 1. The van der Waals surface area contributed by atoms with Crippen LogP contribution in [0.25, 0.3) is 10.9 Å². The fourth-order valence-electron chi connectivity index (χ4n) is 11.4. The lowest BCUT2D eigenvalue weighted by Crippen LogP contribution is -2.60. The van der Waals surface area contributed by atoms with Crippen molar-refractivity contribution in [1.29, 1.82) is 0 Å². The van der Waals surface area contributed by atoms with E-state index in [-0.39, 0.29) is 49.7 Å². The summed E-state index contributed by atoms with van der Waals surface area (Å²) in [5.41, 5.74) is 7.42. The number of rotatable bonds is 39. The van der Waals surface area contributed by atoms with E-state index in [0.29, 0.717) is 47.9 Å². The van der Waals surface area contributed by atoms with Crippen molar-refractivity contribution in [1.82, 2.24) is 56.9 Å². The fraction of sp³-hybridized carbons (Fsp3) is 0.426. The molecule has 4 aromatic carbocycles. The number of halogens is 3. The number of hydrogen-bond donors (Lipinski definition) is 13. The van der Waals surface area contributed by atoms with E-state index in [1.54, 1.807) is 43.5 Å².